The molecule has 0 saturated heterocycles. The van der Waals surface area contributed by atoms with Crippen molar-refractivity contribution in [2.24, 2.45) is 0 Å². The van der Waals surface area contributed by atoms with Gasteiger partial charge in [0.1, 0.15) is 11.6 Å². The molecule has 1 aromatic rings. The largest absolute Gasteiger partial charge is 0.497 e. The first-order chi connectivity index (χ1) is 9.52. The van der Waals surface area contributed by atoms with Gasteiger partial charge in [-0.25, -0.2) is 9.18 Å². The van der Waals surface area contributed by atoms with Gasteiger partial charge in [0.25, 0.3) is 0 Å². The number of hydrogen-bond acceptors (Lipinski definition) is 3. The molecule has 2 rings (SSSR count). The number of hydrogen-bond donors (Lipinski definition) is 3. The molecular weight excluding hydrogens is 263 g/mol. The summed E-state index contributed by atoms with van der Waals surface area (Å²) in [5.74, 6) is -0.0864. The van der Waals surface area contributed by atoms with E-state index in [2.05, 4.69) is 10.6 Å². The van der Waals surface area contributed by atoms with E-state index < -0.39 is 17.4 Å². The molecule has 0 unspecified atom stereocenters. The Hall–Kier alpha value is -1.82. The van der Waals surface area contributed by atoms with E-state index in [1.807, 2.05) is 0 Å². The molecule has 1 aliphatic carbocycles. The Bertz CT molecular complexity index is 487. The van der Waals surface area contributed by atoms with E-state index in [0.29, 0.717) is 18.6 Å². The molecule has 1 saturated carbocycles. The van der Waals surface area contributed by atoms with Gasteiger partial charge in [0.05, 0.1) is 18.4 Å². The molecule has 110 valence electrons. The topological polar surface area (TPSA) is 70.6 Å². The second-order valence-corrected chi connectivity index (χ2v) is 5.08. The van der Waals surface area contributed by atoms with Gasteiger partial charge in [0, 0.05) is 12.6 Å². The van der Waals surface area contributed by atoms with Crippen LogP contribution in [0.5, 0.6) is 5.75 Å². The Morgan fingerprint density at radius 1 is 1.45 bits per heavy atom. The van der Waals surface area contributed by atoms with Crippen LogP contribution in [0.4, 0.5) is 14.9 Å². The van der Waals surface area contributed by atoms with E-state index in [-0.39, 0.29) is 12.2 Å². The number of rotatable bonds is 4. The van der Waals surface area contributed by atoms with Crippen molar-refractivity contribution in [1.29, 1.82) is 0 Å². The van der Waals surface area contributed by atoms with E-state index in [1.54, 1.807) is 0 Å². The summed E-state index contributed by atoms with van der Waals surface area (Å²) < 4.78 is 18.5. The maximum absolute atomic E-state index is 13.5. The van der Waals surface area contributed by atoms with E-state index in [4.69, 9.17) is 4.74 Å². The minimum atomic E-state index is -0.829. The third-order valence-electron chi connectivity index (χ3n) is 3.53. The highest BCUT2D eigenvalue weighted by molar-refractivity contribution is 5.89. The zero-order valence-corrected chi connectivity index (χ0v) is 11.4. The zero-order valence-electron chi connectivity index (χ0n) is 11.4. The highest BCUT2D eigenvalue weighted by Crippen LogP contribution is 2.28. The number of methoxy groups -OCH3 is 1. The molecule has 0 atom stereocenters. The van der Waals surface area contributed by atoms with E-state index in [9.17, 15) is 14.3 Å². The number of carbonyl (C=O) groups excluding carboxylic acids is 1. The minimum absolute atomic E-state index is 0.0419. The molecule has 1 aliphatic rings. The van der Waals surface area contributed by atoms with Crippen molar-refractivity contribution < 1.29 is 19.0 Å². The summed E-state index contributed by atoms with van der Waals surface area (Å²) in [7, 11) is 1.46. The Morgan fingerprint density at radius 3 is 2.80 bits per heavy atom. The predicted octanol–water partition coefficient (Wildman–Crippen LogP) is 2.26. The van der Waals surface area contributed by atoms with Crippen LogP contribution in [0.1, 0.15) is 25.7 Å². The fourth-order valence-electron chi connectivity index (χ4n) is 2.35. The Morgan fingerprint density at radius 2 is 2.15 bits per heavy atom. The highest BCUT2D eigenvalue weighted by Gasteiger charge is 2.31. The van der Waals surface area contributed by atoms with Gasteiger partial charge in [-0.3, -0.25) is 0 Å². The van der Waals surface area contributed by atoms with Crippen LogP contribution in [-0.4, -0.2) is 30.4 Å². The number of aliphatic hydroxyl groups is 1. The quantitative estimate of drug-likeness (QED) is 0.793. The maximum atomic E-state index is 13.5. The van der Waals surface area contributed by atoms with Crippen LogP contribution in [0.25, 0.3) is 0 Å². The minimum Gasteiger partial charge on any atom is -0.497 e. The van der Waals surface area contributed by atoms with E-state index in [1.165, 1.54) is 25.3 Å². The van der Waals surface area contributed by atoms with Crippen molar-refractivity contribution in [2.45, 2.75) is 31.3 Å². The van der Waals surface area contributed by atoms with Crippen molar-refractivity contribution in [1.82, 2.24) is 5.32 Å². The van der Waals surface area contributed by atoms with Gasteiger partial charge in [0.2, 0.25) is 0 Å². The lowest BCUT2D eigenvalue weighted by atomic mass is 10.0. The number of nitrogens with one attached hydrogen (secondary N) is 2. The number of benzene rings is 1. The molecule has 1 fully saturated rings. The predicted molar refractivity (Wildman–Crippen MR) is 73.4 cm³/mol. The van der Waals surface area contributed by atoms with Crippen LogP contribution in [-0.2, 0) is 0 Å². The molecule has 0 aliphatic heterocycles. The molecule has 3 N–H and O–H groups in total. The van der Waals surface area contributed by atoms with Gasteiger partial charge < -0.3 is 20.5 Å². The van der Waals surface area contributed by atoms with Crippen LogP contribution < -0.4 is 15.4 Å². The summed E-state index contributed by atoms with van der Waals surface area (Å²) in [6.07, 6.45) is 3.29. The average molecular weight is 282 g/mol. The Kier molecular flexibility index (Phi) is 4.44. The molecule has 5 nitrogen and oxygen atoms in total. The number of halogens is 1. The molecule has 0 aromatic heterocycles. The molecule has 1 aromatic carbocycles. The lowest BCUT2D eigenvalue weighted by molar-refractivity contribution is 0.0506. The van der Waals surface area contributed by atoms with Crippen LogP contribution in [0.2, 0.25) is 0 Å². The summed E-state index contributed by atoms with van der Waals surface area (Å²) in [5.41, 5.74) is -0.787. The van der Waals surface area contributed by atoms with Gasteiger partial charge in [0.15, 0.2) is 0 Å². The third kappa shape index (κ3) is 3.60. The lowest BCUT2D eigenvalue weighted by Gasteiger charge is -2.22. The SMILES string of the molecule is COc1ccc(F)c(NC(=O)NCC2(O)CCCC2)c1. The summed E-state index contributed by atoms with van der Waals surface area (Å²) in [4.78, 5) is 11.7. The van der Waals surface area contributed by atoms with Crippen molar-refractivity contribution in [3.05, 3.63) is 24.0 Å². The van der Waals surface area contributed by atoms with E-state index >= 15 is 0 Å². The normalized spacial score (nSPS) is 16.8. The fourth-order valence-corrected chi connectivity index (χ4v) is 2.35. The summed E-state index contributed by atoms with van der Waals surface area (Å²) in [6.45, 7) is 0.171. The first kappa shape index (κ1) is 14.6. The average Bonchev–Trinajstić information content (AvgIpc) is 2.86. The zero-order chi connectivity index (χ0) is 14.6. The molecule has 2 amide bonds. The molecular formula is C14H19FN2O3. The van der Waals surface area contributed by atoms with Crippen LogP contribution in [0, 0.1) is 5.82 Å². The standard InChI is InChI=1S/C14H19FN2O3/c1-20-10-4-5-11(15)12(8-10)17-13(18)16-9-14(19)6-2-3-7-14/h4-5,8,19H,2-3,6-7,9H2,1H3,(H2,16,17,18). The van der Waals surface area contributed by atoms with Gasteiger partial charge in [-0.1, -0.05) is 12.8 Å². The Balaban J connectivity index is 1.91. The highest BCUT2D eigenvalue weighted by atomic mass is 19.1. The van der Waals surface area contributed by atoms with Crippen LogP contribution in [0.15, 0.2) is 18.2 Å². The summed E-state index contributed by atoms with van der Waals surface area (Å²) in [5, 5.41) is 15.1. The molecule has 0 bridgehead atoms. The molecule has 0 spiro atoms. The van der Waals surface area contributed by atoms with Crippen molar-refractivity contribution in [2.75, 3.05) is 19.0 Å². The molecule has 6 heteroatoms. The number of carbonyl (C=O) groups is 1. The van der Waals surface area contributed by atoms with Crippen molar-refractivity contribution >= 4 is 11.7 Å². The molecule has 0 heterocycles. The number of urea groups is 1. The van der Waals surface area contributed by atoms with Gasteiger partial charge >= 0.3 is 6.03 Å². The number of anilines is 1. The smallest absolute Gasteiger partial charge is 0.319 e. The molecule has 20 heavy (non-hydrogen) atoms. The second kappa shape index (κ2) is 6.09. The third-order valence-corrected chi connectivity index (χ3v) is 3.53. The van der Waals surface area contributed by atoms with Crippen molar-refractivity contribution in [3.8, 4) is 5.75 Å². The maximum Gasteiger partial charge on any atom is 0.319 e. The fraction of sp³-hybridized carbons (Fsp3) is 0.500. The van der Waals surface area contributed by atoms with Gasteiger partial charge in [-0.15, -0.1) is 0 Å². The monoisotopic (exact) mass is 282 g/mol. The summed E-state index contributed by atoms with van der Waals surface area (Å²) in [6, 6.07) is 3.55. The Labute approximate surface area is 117 Å². The first-order valence-electron chi connectivity index (χ1n) is 6.63. The second-order valence-electron chi connectivity index (χ2n) is 5.08. The van der Waals surface area contributed by atoms with Gasteiger partial charge in [-0.2, -0.15) is 0 Å². The molecule has 0 radical (unpaired) electrons. The lowest BCUT2D eigenvalue weighted by Crippen LogP contribution is -2.42. The van der Waals surface area contributed by atoms with Crippen LogP contribution in [0.3, 0.4) is 0 Å². The van der Waals surface area contributed by atoms with Gasteiger partial charge in [-0.05, 0) is 25.0 Å². The number of amides is 2. The van der Waals surface area contributed by atoms with Crippen LogP contribution >= 0.6 is 0 Å². The van der Waals surface area contributed by atoms with E-state index in [0.717, 1.165) is 12.8 Å². The number of ether oxygens (including phenoxy) is 1. The van der Waals surface area contributed by atoms with Crippen molar-refractivity contribution in [3.63, 3.8) is 0 Å². The first-order valence-corrected chi connectivity index (χ1v) is 6.63. The summed E-state index contributed by atoms with van der Waals surface area (Å²) >= 11 is 0.